The third-order valence-corrected chi connectivity index (χ3v) is 6.99. The Morgan fingerprint density at radius 1 is 1.13 bits per heavy atom. The monoisotopic (exact) mass is 426 g/mol. The van der Waals surface area contributed by atoms with Gasteiger partial charge in [0.1, 0.15) is 5.75 Å². The number of rotatable bonds is 5. The highest BCUT2D eigenvalue weighted by Crippen LogP contribution is 2.35. The fourth-order valence-corrected chi connectivity index (χ4v) is 5.03. The van der Waals surface area contributed by atoms with E-state index in [1.807, 2.05) is 13.0 Å². The van der Waals surface area contributed by atoms with Crippen LogP contribution >= 0.6 is 0 Å². The van der Waals surface area contributed by atoms with Crippen LogP contribution in [0.15, 0.2) is 24.4 Å². The number of ether oxygens (including phenoxy) is 1. The maximum absolute atomic E-state index is 12.6. The molecule has 2 aromatic rings. The lowest BCUT2D eigenvalue weighted by Crippen LogP contribution is -2.52. The van der Waals surface area contributed by atoms with Crippen LogP contribution in [0.4, 0.5) is 4.79 Å². The summed E-state index contributed by atoms with van der Waals surface area (Å²) in [4.78, 5) is 30.4. The number of fused-ring (bicyclic) bond motifs is 1. The zero-order chi connectivity index (χ0) is 21.8. The number of aromatic nitrogens is 1. The number of piperidine rings is 1. The number of H-pyrrole nitrogens is 1. The van der Waals surface area contributed by atoms with Crippen molar-refractivity contribution in [2.75, 3.05) is 20.2 Å². The van der Waals surface area contributed by atoms with Crippen molar-refractivity contribution >= 4 is 22.8 Å². The molecule has 2 aliphatic rings. The zero-order valence-corrected chi connectivity index (χ0v) is 18.6. The zero-order valence-electron chi connectivity index (χ0n) is 18.6. The van der Waals surface area contributed by atoms with Crippen LogP contribution in [-0.4, -0.2) is 54.1 Å². The highest BCUT2D eigenvalue weighted by Gasteiger charge is 2.29. The second-order valence-corrected chi connectivity index (χ2v) is 8.94. The number of benzene rings is 1. The van der Waals surface area contributed by atoms with Crippen molar-refractivity contribution in [3.63, 3.8) is 0 Å². The van der Waals surface area contributed by atoms with E-state index in [2.05, 4.69) is 38.8 Å². The Bertz CT molecular complexity index is 911. The van der Waals surface area contributed by atoms with Crippen LogP contribution in [0.3, 0.4) is 0 Å². The van der Waals surface area contributed by atoms with Gasteiger partial charge in [-0.1, -0.05) is 19.3 Å². The minimum absolute atomic E-state index is 0.197. The molecule has 4 rings (SSSR count). The van der Waals surface area contributed by atoms with Gasteiger partial charge in [-0.15, -0.1) is 0 Å². The van der Waals surface area contributed by atoms with E-state index >= 15 is 0 Å². The lowest BCUT2D eigenvalue weighted by atomic mass is 9.88. The van der Waals surface area contributed by atoms with Gasteiger partial charge in [-0.05, 0) is 75.4 Å². The molecular formula is C24H34N4O3. The van der Waals surface area contributed by atoms with Gasteiger partial charge in [0.05, 0.1) is 13.2 Å². The summed E-state index contributed by atoms with van der Waals surface area (Å²) < 4.78 is 5.39. The van der Waals surface area contributed by atoms with Gasteiger partial charge in [0.15, 0.2) is 0 Å². The Morgan fingerprint density at radius 2 is 1.87 bits per heavy atom. The van der Waals surface area contributed by atoms with Crippen molar-refractivity contribution in [2.24, 2.45) is 0 Å². The molecule has 0 bridgehead atoms. The molecule has 168 valence electrons. The molecule has 2 fully saturated rings. The lowest BCUT2D eigenvalue weighted by Gasteiger charge is -2.35. The molecule has 1 aliphatic carbocycles. The molecule has 1 atom stereocenters. The molecule has 3 amide bonds. The van der Waals surface area contributed by atoms with E-state index in [-0.39, 0.29) is 24.0 Å². The summed E-state index contributed by atoms with van der Waals surface area (Å²) in [6, 6.07) is 5.64. The quantitative estimate of drug-likeness (QED) is 0.677. The van der Waals surface area contributed by atoms with Gasteiger partial charge in [-0.3, -0.25) is 15.0 Å². The number of urea groups is 1. The largest absolute Gasteiger partial charge is 0.497 e. The average Bonchev–Trinajstić information content (AvgIpc) is 3.22. The fourth-order valence-electron chi connectivity index (χ4n) is 5.03. The molecule has 1 aromatic heterocycles. The summed E-state index contributed by atoms with van der Waals surface area (Å²) in [5.41, 5.74) is 2.44. The number of nitrogens with one attached hydrogen (secondary N) is 3. The van der Waals surface area contributed by atoms with E-state index in [9.17, 15) is 9.59 Å². The maximum atomic E-state index is 12.6. The number of nitrogens with zero attached hydrogens (tertiary/aromatic N) is 1. The summed E-state index contributed by atoms with van der Waals surface area (Å²) >= 11 is 0. The van der Waals surface area contributed by atoms with E-state index < -0.39 is 0 Å². The van der Waals surface area contributed by atoms with E-state index in [1.165, 1.54) is 17.4 Å². The van der Waals surface area contributed by atoms with E-state index in [1.54, 1.807) is 7.11 Å². The van der Waals surface area contributed by atoms with Gasteiger partial charge < -0.3 is 15.0 Å². The van der Waals surface area contributed by atoms with Crippen molar-refractivity contribution in [3.8, 4) is 5.75 Å². The first kappa shape index (κ1) is 21.7. The number of aromatic amines is 1. The number of imide groups is 1. The van der Waals surface area contributed by atoms with Crippen molar-refractivity contribution < 1.29 is 14.3 Å². The van der Waals surface area contributed by atoms with Crippen LogP contribution < -0.4 is 15.4 Å². The smallest absolute Gasteiger partial charge is 0.321 e. The number of methoxy groups -OCH3 is 1. The first-order valence-electron chi connectivity index (χ1n) is 11.6. The molecule has 1 unspecified atom stereocenters. The molecule has 1 aromatic carbocycles. The SMILES string of the molecule is COc1ccc2[nH]cc(C3CCN(C(C)C(=O)NC(=O)NC4CCCCC4)CC3)c2c1. The average molecular weight is 427 g/mol. The first-order chi connectivity index (χ1) is 15.0. The van der Waals surface area contributed by atoms with Crippen molar-refractivity contribution in [1.29, 1.82) is 0 Å². The van der Waals surface area contributed by atoms with Crippen LogP contribution in [0, 0.1) is 0 Å². The van der Waals surface area contributed by atoms with E-state index in [0.29, 0.717) is 5.92 Å². The minimum Gasteiger partial charge on any atom is -0.497 e. The Hall–Kier alpha value is -2.54. The first-order valence-corrected chi connectivity index (χ1v) is 11.6. The summed E-state index contributed by atoms with van der Waals surface area (Å²) in [6.07, 6.45) is 9.61. The number of amides is 3. The van der Waals surface area contributed by atoms with Crippen LogP contribution in [0.1, 0.15) is 63.4 Å². The predicted molar refractivity (Wildman–Crippen MR) is 121 cm³/mol. The van der Waals surface area contributed by atoms with Crippen molar-refractivity contribution in [2.45, 2.75) is 69.9 Å². The summed E-state index contributed by atoms with van der Waals surface area (Å²) in [5, 5.41) is 6.72. The van der Waals surface area contributed by atoms with Crippen molar-refractivity contribution in [1.82, 2.24) is 20.5 Å². The van der Waals surface area contributed by atoms with E-state index in [0.717, 1.165) is 62.9 Å². The molecule has 2 heterocycles. The number of hydrogen-bond acceptors (Lipinski definition) is 4. The van der Waals surface area contributed by atoms with Crippen LogP contribution in [0.5, 0.6) is 5.75 Å². The molecule has 3 N–H and O–H groups in total. The molecule has 1 saturated carbocycles. The normalized spacial score (nSPS) is 19.8. The molecule has 0 spiro atoms. The Kier molecular flexibility index (Phi) is 6.80. The van der Waals surface area contributed by atoms with E-state index in [4.69, 9.17) is 4.74 Å². The highest BCUT2D eigenvalue weighted by atomic mass is 16.5. The van der Waals surface area contributed by atoms with Gasteiger partial charge in [0.2, 0.25) is 5.91 Å². The molecule has 31 heavy (non-hydrogen) atoms. The fraction of sp³-hybridized carbons (Fsp3) is 0.583. The maximum Gasteiger partial charge on any atom is 0.321 e. The molecule has 1 saturated heterocycles. The molecule has 7 heteroatoms. The van der Waals surface area contributed by atoms with Gasteiger partial charge >= 0.3 is 6.03 Å². The van der Waals surface area contributed by atoms with Crippen LogP contribution in [0.25, 0.3) is 10.9 Å². The number of hydrogen-bond donors (Lipinski definition) is 3. The second kappa shape index (κ2) is 9.73. The third-order valence-electron chi connectivity index (χ3n) is 6.99. The third kappa shape index (κ3) is 5.03. The molecular weight excluding hydrogens is 392 g/mol. The molecule has 1 aliphatic heterocycles. The summed E-state index contributed by atoms with van der Waals surface area (Å²) in [5.74, 6) is 1.09. The van der Waals surface area contributed by atoms with Gasteiger partial charge in [-0.2, -0.15) is 0 Å². The van der Waals surface area contributed by atoms with Crippen LogP contribution in [0.2, 0.25) is 0 Å². The Balaban J connectivity index is 1.30. The number of carbonyl (C=O) groups is 2. The minimum atomic E-state index is -0.355. The van der Waals surface area contributed by atoms with Gasteiger partial charge in [-0.25, -0.2) is 4.79 Å². The summed E-state index contributed by atoms with van der Waals surface area (Å²) in [6.45, 7) is 3.56. The van der Waals surface area contributed by atoms with Gasteiger partial charge in [0.25, 0.3) is 0 Å². The Morgan fingerprint density at radius 3 is 2.58 bits per heavy atom. The predicted octanol–water partition coefficient (Wildman–Crippen LogP) is 3.90. The molecule has 7 nitrogen and oxygen atoms in total. The van der Waals surface area contributed by atoms with Gasteiger partial charge in [0, 0.05) is 23.1 Å². The Labute approximate surface area is 183 Å². The number of carbonyl (C=O) groups excluding carboxylic acids is 2. The highest BCUT2D eigenvalue weighted by molar-refractivity contribution is 5.96. The topological polar surface area (TPSA) is 86.5 Å². The number of likely N-dealkylation sites (tertiary alicyclic amines) is 1. The lowest BCUT2D eigenvalue weighted by molar-refractivity contribution is -0.125. The molecule has 0 radical (unpaired) electrons. The second-order valence-electron chi connectivity index (χ2n) is 8.94. The summed E-state index contributed by atoms with van der Waals surface area (Å²) in [7, 11) is 1.69. The van der Waals surface area contributed by atoms with Crippen molar-refractivity contribution in [3.05, 3.63) is 30.0 Å². The van der Waals surface area contributed by atoms with Crippen LogP contribution in [-0.2, 0) is 4.79 Å². The standard InChI is InChI=1S/C24H34N4O3/c1-16(23(29)27-24(30)26-18-6-4-3-5-7-18)28-12-10-17(11-13-28)21-15-25-22-9-8-19(31-2)14-20(21)22/h8-9,14-18,25H,3-7,10-13H2,1-2H3,(H2,26,27,29,30).